The van der Waals surface area contributed by atoms with Crippen molar-refractivity contribution in [2.45, 2.75) is 6.42 Å². The minimum Gasteiger partial charge on any atom is -0.755 e. The number of hydrogen-bond acceptors (Lipinski definition) is 2. The molecule has 4 heteroatoms. The zero-order valence-electron chi connectivity index (χ0n) is 7.03. The Bertz CT molecular complexity index is 325. The van der Waals surface area contributed by atoms with E-state index < -0.39 is 11.3 Å². The molecule has 0 aliphatic carbocycles. The van der Waals surface area contributed by atoms with Gasteiger partial charge in [-0.15, -0.1) is 6.58 Å². The van der Waals surface area contributed by atoms with Crippen molar-refractivity contribution in [3.05, 3.63) is 42.5 Å². The van der Waals surface area contributed by atoms with Gasteiger partial charge in [-0.2, -0.15) is 0 Å². The summed E-state index contributed by atoms with van der Waals surface area (Å²) in [4.78, 5) is 0. The van der Waals surface area contributed by atoms with E-state index >= 15 is 0 Å². The van der Waals surface area contributed by atoms with Crippen LogP contribution in [0.5, 0.6) is 0 Å². The molecule has 1 atom stereocenters. The summed E-state index contributed by atoms with van der Waals surface area (Å²) in [5, 5.41) is 0. The monoisotopic (exact) mass is 196 g/mol. The second-order valence-electron chi connectivity index (χ2n) is 2.49. The second-order valence-corrected chi connectivity index (χ2v) is 3.16. The molecule has 0 spiro atoms. The zero-order chi connectivity index (χ0) is 9.68. The van der Waals surface area contributed by atoms with Crippen molar-refractivity contribution in [2.75, 3.05) is 4.72 Å². The lowest BCUT2D eigenvalue weighted by Crippen LogP contribution is -2.04. The minimum absolute atomic E-state index is 0.607. The molecule has 0 amide bonds. The Labute approximate surface area is 79.9 Å². The number of rotatable bonds is 4. The minimum atomic E-state index is -2.26. The molecule has 1 unspecified atom stereocenters. The summed E-state index contributed by atoms with van der Waals surface area (Å²) in [6, 6.07) is 7.21. The Morgan fingerprint density at radius 2 is 2.23 bits per heavy atom. The van der Waals surface area contributed by atoms with E-state index in [-0.39, 0.29) is 0 Å². The predicted molar refractivity (Wildman–Crippen MR) is 52.9 cm³/mol. The molecule has 1 aromatic rings. The summed E-state index contributed by atoms with van der Waals surface area (Å²) in [5.74, 6) is 0. The van der Waals surface area contributed by atoms with Crippen LogP contribution in [-0.2, 0) is 17.7 Å². The number of nitrogens with one attached hydrogen (secondary N) is 1. The van der Waals surface area contributed by atoms with Crippen LogP contribution in [0, 0.1) is 0 Å². The maximum Gasteiger partial charge on any atom is 0.0487 e. The smallest absolute Gasteiger partial charge is 0.0487 e. The normalized spacial score (nSPS) is 12.1. The SMILES string of the molecule is C=CCc1ccccc1NS(=O)[O-]. The Kier molecular flexibility index (Phi) is 3.67. The highest BCUT2D eigenvalue weighted by atomic mass is 32.2. The largest absolute Gasteiger partial charge is 0.755 e. The van der Waals surface area contributed by atoms with Gasteiger partial charge in [0, 0.05) is 17.0 Å². The molecule has 0 radical (unpaired) electrons. The van der Waals surface area contributed by atoms with Crippen LogP contribution < -0.4 is 4.72 Å². The van der Waals surface area contributed by atoms with Crippen LogP contribution in [0.25, 0.3) is 0 Å². The lowest BCUT2D eigenvalue weighted by Gasteiger charge is -2.11. The topological polar surface area (TPSA) is 52.2 Å². The maximum atomic E-state index is 10.4. The average molecular weight is 196 g/mol. The van der Waals surface area contributed by atoms with Gasteiger partial charge < -0.3 is 9.27 Å². The third-order valence-electron chi connectivity index (χ3n) is 1.57. The molecule has 3 nitrogen and oxygen atoms in total. The van der Waals surface area contributed by atoms with E-state index in [1.54, 1.807) is 18.2 Å². The maximum absolute atomic E-state index is 10.4. The van der Waals surface area contributed by atoms with Crippen LogP contribution in [-0.4, -0.2) is 8.76 Å². The molecule has 0 heterocycles. The van der Waals surface area contributed by atoms with Gasteiger partial charge in [0.2, 0.25) is 0 Å². The van der Waals surface area contributed by atoms with Crippen molar-refractivity contribution >= 4 is 17.0 Å². The molecular weight excluding hydrogens is 186 g/mol. The van der Waals surface area contributed by atoms with E-state index in [0.29, 0.717) is 12.1 Å². The van der Waals surface area contributed by atoms with Crippen LogP contribution >= 0.6 is 0 Å². The first-order chi connectivity index (χ1) is 6.24. The molecular formula is C9H10NO2S-. The van der Waals surface area contributed by atoms with Crippen molar-refractivity contribution in [3.8, 4) is 0 Å². The molecule has 0 saturated heterocycles. The van der Waals surface area contributed by atoms with Gasteiger partial charge in [-0.3, -0.25) is 4.21 Å². The van der Waals surface area contributed by atoms with Crippen molar-refractivity contribution in [1.29, 1.82) is 0 Å². The van der Waals surface area contributed by atoms with E-state index in [2.05, 4.69) is 11.3 Å². The van der Waals surface area contributed by atoms with E-state index in [1.807, 2.05) is 12.1 Å². The third kappa shape index (κ3) is 3.01. The molecule has 13 heavy (non-hydrogen) atoms. The second kappa shape index (κ2) is 4.79. The molecule has 0 aliphatic rings. The number of allylic oxidation sites excluding steroid dienone is 1. The van der Waals surface area contributed by atoms with Gasteiger partial charge >= 0.3 is 0 Å². The summed E-state index contributed by atoms with van der Waals surface area (Å²) in [5.41, 5.74) is 1.53. The fourth-order valence-electron chi connectivity index (χ4n) is 1.04. The van der Waals surface area contributed by atoms with Crippen LogP contribution in [0.1, 0.15) is 5.56 Å². The first-order valence-electron chi connectivity index (χ1n) is 3.78. The molecule has 0 bridgehead atoms. The lowest BCUT2D eigenvalue weighted by atomic mass is 10.1. The van der Waals surface area contributed by atoms with Gasteiger partial charge in [-0.25, -0.2) is 0 Å². The highest BCUT2D eigenvalue weighted by Gasteiger charge is 1.97. The molecule has 0 saturated carbocycles. The first-order valence-corrected chi connectivity index (χ1v) is 4.86. The molecule has 1 aromatic carbocycles. The van der Waals surface area contributed by atoms with Crippen LogP contribution in [0.15, 0.2) is 36.9 Å². The molecule has 0 aliphatic heterocycles. The zero-order valence-corrected chi connectivity index (χ0v) is 7.84. The fraction of sp³-hybridized carbons (Fsp3) is 0.111. The highest BCUT2D eigenvalue weighted by molar-refractivity contribution is 7.80. The lowest BCUT2D eigenvalue weighted by molar-refractivity contribution is 0.542. The summed E-state index contributed by atoms with van der Waals surface area (Å²) < 4.78 is 23.1. The molecule has 1 rings (SSSR count). The van der Waals surface area contributed by atoms with E-state index in [0.717, 1.165) is 5.56 Å². The standard InChI is InChI=1S/C9H11NO2S/c1-2-5-8-6-3-4-7-9(8)10-13(11)12/h2-4,6-7,10H,1,5H2,(H,11,12)/p-1. The van der Waals surface area contributed by atoms with Gasteiger partial charge in [-0.1, -0.05) is 24.3 Å². The summed E-state index contributed by atoms with van der Waals surface area (Å²) in [6.45, 7) is 3.59. The van der Waals surface area contributed by atoms with Gasteiger partial charge in [0.15, 0.2) is 0 Å². The van der Waals surface area contributed by atoms with Crippen molar-refractivity contribution in [2.24, 2.45) is 0 Å². The van der Waals surface area contributed by atoms with Crippen molar-refractivity contribution < 1.29 is 8.76 Å². The Morgan fingerprint density at radius 1 is 1.54 bits per heavy atom. The number of hydrogen-bond donors (Lipinski definition) is 1. The molecule has 1 N–H and O–H groups in total. The third-order valence-corrected chi connectivity index (χ3v) is 1.96. The Balaban J connectivity index is 2.90. The number of para-hydroxylation sites is 1. The van der Waals surface area contributed by atoms with Gasteiger partial charge in [0.05, 0.1) is 0 Å². The summed E-state index contributed by atoms with van der Waals surface area (Å²) in [7, 11) is 0. The predicted octanol–water partition coefficient (Wildman–Crippen LogP) is 1.62. The van der Waals surface area contributed by atoms with E-state index in [1.165, 1.54) is 0 Å². The number of benzene rings is 1. The molecule has 0 fully saturated rings. The van der Waals surface area contributed by atoms with Gasteiger partial charge in [0.1, 0.15) is 0 Å². The summed E-state index contributed by atoms with van der Waals surface area (Å²) in [6.07, 6.45) is 2.38. The number of anilines is 1. The van der Waals surface area contributed by atoms with E-state index in [9.17, 15) is 8.76 Å². The Morgan fingerprint density at radius 3 is 2.85 bits per heavy atom. The summed E-state index contributed by atoms with van der Waals surface area (Å²) >= 11 is -2.26. The van der Waals surface area contributed by atoms with Crippen molar-refractivity contribution in [1.82, 2.24) is 0 Å². The van der Waals surface area contributed by atoms with Crippen LogP contribution in [0.4, 0.5) is 5.69 Å². The quantitative estimate of drug-likeness (QED) is 0.587. The van der Waals surface area contributed by atoms with Crippen LogP contribution in [0.2, 0.25) is 0 Å². The van der Waals surface area contributed by atoms with Gasteiger partial charge in [0.25, 0.3) is 0 Å². The first kappa shape index (κ1) is 9.95. The highest BCUT2D eigenvalue weighted by Crippen LogP contribution is 2.15. The van der Waals surface area contributed by atoms with E-state index in [4.69, 9.17) is 0 Å². The fourth-order valence-corrected chi connectivity index (χ4v) is 1.42. The van der Waals surface area contributed by atoms with Crippen LogP contribution in [0.3, 0.4) is 0 Å². The van der Waals surface area contributed by atoms with Gasteiger partial charge in [-0.05, 0) is 18.1 Å². The molecule has 0 aromatic heterocycles. The average Bonchev–Trinajstić information content (AvgIpc) is 2.08. The molecule has 70 valence electrons. The Hall–Kier alpha value is -1.13. The van der Waals surface area contributed by atoms with Crippen molar-refractivity contribution in [3.63, 3.8) is 0 Å².